The van der Waals surface area contributed by atoms with Crippen LogP contribution >= 0.6 is 0 Å². The van der Waals surface area contributed by atoms with Crippen molar-refractivity contribution in [3.05, 3.63) is 82.2 Å². The summed E-state index contributed by atoms with van der Waals surface area (Å²) in [5.74, 6) is -0.336. The molecule has 0 atom stereocenters. The molecule has 28 heavy (non-hydrogen) atoms. The van der Waals surface area contributed by atoms with Crippen molar-refractivity contribution in [2.45, 2.75) is 34.1 Å². The minimum absolute atomic E-state index is 0.336. The molecule has 0 aliphatic heterocycles. The number of benzene rings is 2. The Kier molecular flexibility index (Phi) is 5.78. The molecule has 3 aromatic rings. The standard InChI is InChI=1S/C24H26N2O2/c1-6-19-9-7-8-10-23(19)26-17(3)14-21(18(26)4)15-25-22-12-11-20(13-16(22)2)24(27)28-5/h7-15H,6H2,1-5H3. The largest absolute Gasteiger partial charge is 0.465 e. The van der Waals surface area contributed by atoms with Crippen molar-refractivity contribution in [1.82, 2.24) is 4.57 Å². The first kappa shape index (κ1) is 19.6. The van der Waals surface area contributed by atoms with Crippen LogP contribution in [0.25, 0.3) is 5.69 Å². The fraction of sp³-hybridized carbons (Fsp3) is 0.250. The predicted octanol–water partition coefficient (Wildman–Crippen LogP) is 5.50. The van der Waals surface area contributed by atoms with Crippen molar-refractivity contribution in [2.24, 2.45) is 4.99 Å². The SMILES string of the molecule is CCc1ccccc1-n1c(C)cc(C=Nc2ccc(C(=O)OC)cc2C)c1C. The van der Waals surface area contributed by atoms with Crippen LogP contribution in [0.4, 0.5) is 5.69 Å². The number of rotatable bonds is 5. The van der Waals surface area contributed by atoms with Gasteiger partial charge in [0.2, 0.25) is 0 Å². The molecule has 0 unspecified atom stereocenters. The van der Waals surface area contributed by atoms with Gasteiger partial charge in [-0.2, -0.15) is 0 Å². The highest BCUT2D eigenvalue weighted by molar-refractivity contribution is 5.90. The topological polar surface area (TPSA) is 43.6 Å². The summed E-state index contributed by atoms with van der Waals surface area (Å²) < 4.78 is 7.06. The maximum atomic E-state index is 11.7. The summed E-state index contributed by atoms with van der Waals surface area (Å²) in [4.78, 5) is 16.3. The Balaban J connectivity index is 1.95. The fourth-order valence-electron chi connectivity index (χ4n) is 3.50. The highest BCUT2D eigenvalue weighted by atomic mass is 16.5. The third kappa shape index (κ3) is 3.77. The summed E-state index contributed by atoms with van der Waals surface area (Å²) in [6, 6.07) is 16.1. The van der Waals surface area contributed by atoms with Crippen LogP contribution in [-0.4, -0.2) is 23.9 Å². The number of methoxy groups -OCH3 is 1. The molecular formula is C24H26N2O2. The number of carbonyl (C=O) groups is 1. The molecule has 4 heteroatoms. The molecule has 0 aliphatic rings. The Bertz CT molecular complexity index is 1040. The highest BCUT2D eigenvalue weighted by Crippen LogP contribution is 2.25. The highest BCUT2D eigenvalue weighted by Gasteiger charge is 2.12. The smallest absolute Gasteiger partial charge is 0.337 e. The maximum Gasteiger partial charge on any atom is 0.337 e. The lowest BCUT2D eigenvalue weighted by atomic mass is 10.1. The molecule has 0 radical (unpaired) electrons. The Morgan fingerprint density at radius 3 is 2.54 bits per heavy atom. The third-order valence-electron chi connectivity index (χ3n) is 5.04. The average Bonchev–Trinajstić information content (AvgIpc) is 2.99. The number of para-hydroxylation sites is 1. The number of nitrogens with zero attached hydrogens (tertiary/aromatic N) is 2. The first-order valence-electron chi connectivity index (χ1n) is 9.46. The zero-order valence-corrected chi connectivity index (χ0v) is 17.1. The van der Waals surface area contributed by atoms with Crippen LogP contribution < -0.4 is 0 Å². The van der Waals surface area contributed by atoms with E-state index in [1.807, 2.05) is 19.2 Å². The minimum atomic E-state index is -0.336. The third-order valence-corrected chi connectivity index (χ3v) is 5.04. The lowest BCUT2D eigenvalue weighted by Crippen LogP contribution is -2.03. The molecule has 0 aliphatic carbocycles. The molecule has 144 valence electrons. The monoisotopic (exact) mass is 374 g/mol. The number of hydrogen-bond donors (Lipinski definition) is 0. The van der Waals surface area contributed by atoms with E-state index in [0.717, 1.165) is 28.9 Å². The molecule has 0 N–H and O–H groups in total. The molecular weight excluding hydrogens is 348 g/mol. The van der Waals surface area contributed by atoms with Crippen LogP contribution in [0.5, 0.6) is 0 Å². The zero-order chi connectivity index (χ0) is 20.3. The number of ether oxygens (including phenoxy) is 1. The molecule has 4 nitrogen and oxygen atoms in total. The lowest BCUT2D eigenvalue weighted by Gasteiger charge is -2.13. The summed E-state index contributed by atoms with van der Waals surface area (Å²) >= 11 is 0. The lowest BCUT2D eigenvalue weighted by molar-refractivity contribution is 0.0600. The molecule has 0 spiro atoms. The van der Waals surface area contributed by atoms with Gasteiger partial charge in [0, 0.05) is 28.9 Å². The van der Waals surface area contributed by atoms with Crippen molar-refractivity contribution in [1.29, 1.82) is 0 Å². The number of esters is 1. The van der Waals surface area contributed by atoms with E-state index in [2.05, 4.69) is 60.7 Å². The molecule has 0 saturated heterocycles. The van der Waals surface area contributed by atoms with E-state index in [4.69, 9.17) is 4.74 Å². The first-order chi connectivity index (χ1) is 13.5. The van der Waals surface area contributed by atoms with Crippen LogP contribution in [0.3, 0.4) is 0 Å². The van der Waals surface area contributed by atoms with Gasteiger partial charge in [0.05, 0.1) is 18.4 Å². The minimum Gasteiger partial charge on any atom is -0.465 e. The number of aromatic nitrogens is 1. The van der Waals surface area contributed by atoms with E-state index in [-0.39, 0.29) is 5.97 Å². The van der Waals surface area contributed by atoms with Gasteiger partial charge in [-0.05, 0) is 68.7 Å². The second-order valence-corrected chi connectivity index (χ2v) is 6.90. The van der Waals surface area contributed by atoms with E-state index >= 15 is 0 Å². The van der Waals surface area contributed by atoms with Gasteiger partial charge in [0.25, 0.3) is 0 Å². The van der Waals surface area contributed by atoms with Gasteiger partial charge < -0.3 is 9.30 Å². The zero-order valence-electron chi connectivity index (χ0n) is 17.1. The Morgan fingerprint density at radius 1 is 1.11 bits per heavy atom. The van der Waals surface area contributed by atoms with Gasteiger partial charge in [-0.3, -0.25) is 4.99 Å². The van der Waals surface area contributed by atoms with Crippen LogP contribution in [0.15, 0.2) is 53.5 Å². The van der Waals surface area contributed by atoms with Gasteiger partial charge in [-0.1, -0.05) is 25.1 Å². The number of hydrogen-bond acceptors (Lipinski definition) is 3. The van der Waals surface area contributed by atoms with Crippen LogP contribution in [0, 0.1) is 20.8 Å². The molecule has 2 aromatic carbocycles. The average molecular weight is 374 g/mol. The summed E-state index contributed by atoms with van der Waals surface area (Å²) in [5, 5.41) is 0. The van der Waals surface area contributed by atoms with E-state index in [1.165, 1.54) is 24.1 Å². The van der Waals surface area contributed by atoms with E-state index in [1.54, 1.807) is 12.1 Å². The van der Waals surface area contributed by atoms with Crippen LogP contribution in [0.1, 0.15) is 45.4 Å². The maximum absolute atomic E-state index is 11.7. The van der Waals surface area contributed by atoms with Crippen molar-refractivity contribution in [3.8, 4) is 5.69 Å². The Labute approximate surface area is 166 Å². The van der Waals surface area contributed by atoms with Gasteiger partial charge >= 0.3 is 5.97 Å². The second-order valence-electron chi connectivity index (χ2n) is 6.90. The molecule has 1 aromatic heterocycles. The van der Waals surface area contributed by atoms with E-state index < -0.39 is 0 Å². The van der Waals surface area contributed by atoms with E-state index in [9.17, 15) is 4.79 Å². The molecule has 0 fully saturated rings. The van der Waals surface area contributed by atoms with Crippen molar-refractivity contribution in [3.63, 3.8) is 0 Å². The summed E-state index contributed by atoms with van der Waals surface area (Å²) in [5.41, 5.74) is 8.27. The van der Waals surface area contributed by atoms with Gasteiger partial charge in [-0.25, -0.2) is 4.79 Å². The molecule has 3 rings (SSSR count). The van der Waals surface area contributed by atoms with Crippen molar-refractivity contribution in [2.75, 3.05) is 7.11 Å². The van der Waals surface area contributed by atoms with Gasteiger partial charge in [0.1, 0.15) is 0 Å². The van der Waals surface area contributed by atoms with Gasteiger partial charge in [0.15, 0.2) is 0 Å². The summed E-state index contributed by atoms with van der Waals surface area (Å²) in [6.45, 7) is 8.36. The Morgan fingerprint density at radius 2 is 1.86 bits per heavy atom. The number of aliphatic imine (C=N–C) groups is 1. The molecule has 1 heterocycles. The number of carbonyl (C=O) groups excluding carboxylic acids is 1. The summed E-state index contributed by atoms with van der Waals surface area (Å²) in [7, 11) is 1.39. The molecule has 0 bridgehead atoms. The van der Waals surface area contributed by atoms with E-state index in [0.29, 0.717) is 5.56 Å². The summed E-state index contributed by atoms with van der Waals surface area (Å²) in [6.07, 6.45) is 2.88. The van der Waals surface area contributed by atoms with Crippen molar-refractivity contribution < 1.29 is 9.53 Å². The van der Waals surface area contributed by atoms with Crippen LogP contribution in [-0.2, 0) is 11.2 Å². The van der Waals surface area contributed by atoms with Gasteiger partial charge in [-0.15, -0.1) is 0 Å². The first-order valence-corrected chi connectivity index (χ1v) is 9.46. The number of aryl methyl sites for hydroxylation is 3. The quantitative estimate of drug-likeness (QED) is 0.437. The predicted molar refractivity (Wildman–Crippen MR) is 114 cm³/mol. The van der Waals surface area contributed by atoms with Crippen molar-refractivity contribution >= 4 is 17.9 Å². The molecule has 0 amide bonds. The molecule has 0 saturated carbocycles. The fourth-order valence-corrected chi connectivity index (χ4v) is 3.50. The van der Waals surface area contributed by atoms with Crippen LogP contribution in [0.2, 0.25) is 0 Å². The second kappa shape index (κ2) is 8.26. The Hall–Kier alpha value is -3.14. The normalized spacial score (nSPS) is 11.2.